The molecule has 0 spiro atoms. The van der Waals surface area contributed by atoms with Gasteiger partial charge >= 0.3 is 0 Å². The average molecular weight is 428 g/mol. The van der Waals surface area contributed by atoms with E-state index in [2.05, 4.69) is 46.3 Å². The molecule has 3 aliphatic rings. The third-order valence-electron chi connectivity index (χ3n) is 7.45. The fourth-order valence-electron chi connectivity index (χ4n) is 5.72. The minimum atomic E-state index is 0.205. The molecule has 1 N–H and O–H groups in total. The summed E-state index contributed by atoms with van der Waals surface area (Å²) in [5, 5.41) is 3.28. The highest BCUT2D eigenvalue weighted by molar-refractivity contribution is 5.76. The molecule has 5 heteroatoms. The van der Waals surface area contributed by atoms with Gasteiger partial charge in [0.2, 0.25) is 5.91 Å². The second kappa shape index (κ2) is 11.3. The number of benzene rings is 1. The third kappa shape index (κ3) is 6.23. The lowest BCUT2D eigenvalue weighted by Crippen LogP contribution is -2.51. The van der Waals surface area contributed by atoms with Gasteiger partial charge in [0.25, 0.3) is 0 Å². The Morgan fingerprint density at radius 1 is 1.16 bits per heavy atom. The largest absolute Gasteiger partial charge is 0.489 e. The minimum Gasteiger partial charge on any atom is -0.489 e. The van der Waals surface area contributed by atoms with Crippen LogP contribution in [0.4, 0.5) is 0 Å². The van der Waals surface area contributed by atoms with Crippen LogP contribution in [-0.2, 0) is 11.3 Å². The molecule has 3 aliphatic heterocycles. The Bertz CT molecular complexity index is 708. The number of hydrogen-bond donors (Lipinski definition) is 1. The number of rotatable bonds is 8. The fraction of sp³-hybridized carbons (Fsp3) is 0.731. The van der Waals surface area contributed by atoms with Gasteiger partial charge in [0.1, 0.15) is 11.9 Å². The summed E-state index contributed by atoms with van der Waals surface area (Å²) in [6.07, 6.45) is 10.8. The van der Waals surface area contributed by atoms with E-state index in [1.165, 1.54) is 63.6 Å². The number of ether oxygens (including phenoxy) is 1. The molecular formula is C26H41N3O2. The third-order valence-corrected chi connectivity index (χ3v) is 7.45. The molecule has 31 heavy (non-hydrogen) atoms. The van der Waals surface area contributed by atoms with Crippen LogP contribution in [0.25, 0.3) is 0 Å². The molecule has 1 amide bonds. The van der Waals surface area contributed by atoms with Crippen LogP contribution in [0, 0.1) is 5.92 Å². The van der Waals surface area contributed by atoms with E-state index in [1.807, 2.05) is 0 Å². The molecular weight excluding hydrogens is 386 g/mol. The van der Waals surface area contributed by atoms with Gasteiger partial charge in [-0.15, -0.1) is 0 Å². The molecule has 3 atom stereocenters. The first kappa shape index (κ1) is 22.6. The standard InChI is InChI=1S/C26H41N3O2/c1-2-3-11-23-20-28(19-22-9-4-5-13-25(22)31-23)17-14-26(30)27-18-21-10-8-16-29-15-7-6-12-24(21)29/h4-5,9,13,21,23-24H,2-3,6-8,10-12,14-20H2,1H3,(H,27,30)/t21-,23+,24+/m0/s1. The lowest BCUT2D eigenvalue weighted by molar-refractivity contribution is -0.122. The van der Waals surface area contributed by atoms with E-state index in [0.29, 0.717) is 18.4 Å². The number of amides is 1. The molecule has 1 aromatic carbocycles. The molecule has 0 aliphatic carbocycles. The van der Waals surface area contributed by atoms with Crippen molar-refractivity contribution in [3.8, 4) is 5.75 Å². The summed E-state index contributed by atoms with van der Waals surface area (Å²) < 4.78 is 6.33. The molecule has 4 rings (SSSR count). The first-order valence-electron chi connectivity index (χ1n) is 12.7. The maximum Gasteiger partial charge on any atom is 0.221 e. The van der Waals surface area contributed by atoms with E-state index in [-0.39, 0.29) is 12.0 Å². The minimum absolute atomic E-state index is 0.205. The predicted molar refractivity (Wildman–Crippen MR) is 125 cm³/mol. The molecule has 2 fully saturated rings. The molecule has 172 valence electrons. The van der Waals surface area contributed by atoms with Crippen molar-refractivity contribution >= 4 is 5.91 Å². The second-order valence-corrected chi connectivity index (χ2v) is 9.78. The maximum atomic E-state index is 12.7. The van der Waals surface area contributed by atoms with Crippen molar-refractivity contribution in [2.75, 3.05) is 32.7 Å². The molecule has 0 radical (unpaired) electrons. The predicted octanol–water partition coefficient (Wildman–Crippen LogP) is 4.21. The first-order chi connectivity index (χ1) is 15.2. The summed E-state index contributed by atoms with van der Waals surface area (Å²) in [7, 11) is 0. The Morgan fingerprint density at radius 3 is 2.94 bits per heavy atom. The number of carbonyl (C=O) groups excluding carboxylic acids is 1. The Labute approximate surface area is 188 Å². The lowest BCUT2D eigenvalue weighted by Gasteiger charge is -2.44. The fourth-order valence-corrected chi connectivity index (χ4v) is 5.72. The molecule has 0 aromatic heterocycles. The number of fused-ring (bicyclic) bond motifs is 2. The first-order valence-corrected chi connectivity index (χ1v) is 12.7. The van der Waals surface area contributed by atoms with Crippen LogP contribution in [0.2, 0.25) is 0 Å². The summed E-state index contributed by atoms with van der Waals surface area (Å²) in [5.41, 5.74) is 1.24. The highest BCUT2D eigenvalue weighted by Gasteiger charge is 2.33. The molecule has 1 aromatic rings. The second-order valence-electron chi connectivity index (χ2n) is 9.78. The van der Waals surface area contributed by atoms with Crippen molar-refractivity contribution in [2.24, 2.45) is 5.92 Å². The van der Waals surface area contributed by atoms with Crippen molar-refractivity contribution in [1.82, 2.24) is 15.1 Å². The van der Waals surface area contributed by atoms with Gasteiger partial charge in [-0.2, -0.15) is 0 Å². The van der Waals surface area contributed by atoms with Crippen molar-refractivity contribution in [3.05, 3.63) is 29.8 Å². The van der Waals surface area contributed by atoms with Gasteiger partial charge in [-0.3, -0.25) is 9.69 Å². The van der Waals surface area contributed by atoms with Crippen LogP contribution in [0.3, 0.4) is 0 Å². The normalized spacial score (nSPS) is 26.9. The number of carbonyl (C=O) groups is 1. The zero-order valence-corrected chi connectivity index (χ0v) is 19.4. The summed E-state index contributed by atoms with van der Waals surface area (Å²) in [6.45, 7) is 8.16. The molecule has 3 heterocycles. The van der Waals surface area contributed by atoms with Gasteiger partial charge in [0.15, 0.2) is 0 Å². The Kier molecular flexibility index (Phi) is 8.26. The Morgan fingerprint density at radius 2 is 2.03 bits per heavy atom. The van der Waals surface area contributed by atoms with E-state index in [4.69, 9.17) is 4.74 Å². The van der Waals surface area contributed by atoms with Gasteiger partial charge in [-0.25, -0.2) is 0 Å². The van der Waals surface area contributed by atoms with Crippen molar-refractivity contribution in [3.63, 3.8) is 0 Å². The maximum absolute atomic E-state index is 12.7. The van der Waals surface area contributed by atoms with Gasteiger partial charge in [-0.1, -0.05) is 38.0 Å². The highest BCUT2D eigenvalue weighted by Crippen LogP contribution is 2.30. The number of nitrogens with one attached hydrogen (secondary N) is 1. The van der Waals surface area contributed by atoms with Crippen LogP contribution in [0.15, 0.2) is 24.3 Å². The number of unbranched alkanes of at least 4 members (excludes halogenated alkanes) is 1. The van der Waals surface area contributed by atoms with E-state index >= 15 is 0 Å². The van der Waals surface area contributed by atoms with E-state index in [1.54, 1.807) is 0 Å². The van der Waals surface area contributed by atoms with Crippen LogP contribution < -0.4 is 10.1 Å². The molecule has 2 saturated heterocycles. The monoisotopic (exact) mass is 427 g/mol. The molecule has 5 nitrogen and oxygen atoms in total. The van der Waals surface area contributed by atoms with Crippen molar-refractivity contribution < 1.29 is 9.53 Å². The number of para-hydroxylation sites is 1. The summed E-state index contributed by atoms with van der Waals surface area (Å²) in [5.74, 6) is 1.86. The topological polar surface area (TPSA) is 44.8 Å². The van der Waals surface area contributed by atoms with Crippen LogP contribution >= 0.6 is 0 Å². The van der Waals surface area contributed by atoms with E-state index in [9.17, 15) is 4.79 Å². The van der Waals surface area contributed by atoms with Crippen molar-refractivity contribution in [2.45, 2.75) is 83.4 Å². The Hall–Kier alpha value is -1.59. The quantitative estimate of drug-likeness (QED) is 0.675. The Balaban J connectivity index is 1.26. The van der Waals surface area contributed by atoms with Gasteiger partial charge in [0, 0.05) is 44.2 Å². The smallest absolute Gasteiger partial charge is 0.221 e. The van der Waals surface area contributed by atoms with E-state index < -0.39 is 0 Å². The van der Waals surface area contributed by atoms with Crippen LogP contribution in [0.5, 0.6) is 5.75 Å². The average Bonchev–Trinajstić information content (AvgIpc) is 2.98. The van der Waals surface area contributed by atoms with Crippen LogP contribution in [-0.4, -0.2) is 60.6 Å². The molecule has 0 unspecified atom stereocenters. The summed E-state index contributed by atoms with van der Waals surface area (Å²) in [4.78, 5) is 17.8. The van der Waals surface area contributed by atoms with Crippen molar-refractivity contribution in [1.29, 1.82) is 0 Å². The summed E-state index contributed by atoms with van der Waals surface area (Å²) >= 11 is 0. The number of piperidine rings is 2. The molecule has 0 saturated carbocycles. The zero-order valence-electron chi connectivity index (χ0n) is 19.4. The summed E-state index contributed by atoms with van der Waals surface area (Å²) in [6, 6.07) is 9.07. The lowest BCUT2D eigenvalue weighted by atomic mass is 9.83. The van der Waals surface area contributed by atoms with Gasteiger partial charge < -0.3 is 15.0 Å². The molecule has 0 bridgehead atoms. The van der Waals surface area contributed by atoms with Gasteiger partial charge in [-0.05, 0) is 63.6 Å². The number of hydrogen-bond acceptors (Lipinski definition) is 4. The SMILES string of the molecule is CCCC[C@@H]1CN(CCC(=O)NC[C@@H]2CCCN3CCCC[C@H]23)Cc2ccccc2O1. The number of nitrogens with zero attached hydrogens (tertiary/aromatic N) is 2. The van der Waals surface area contributed by atoms with Crippen LogP contribution in [0.1, 0.15) is 70.3 Å². The zero-order chi connectivity index (χ0) is 21.5. The highest BCUT2D eigenvalue weighted by atomic mass is 16.5. The van der Waals surface area contributed by atoms with Gasteiger partial charge in [0.05, 0.1) is 0 Å². The van der Waals surface area contributed by atoms with E-state index in [0.717, 1.165) is 38.3 Å².